The van der Waals surface area contributed by atoms with Gasteiger partial charge in [0, 0.05) is 27.5 Å². The van der Waals surface area contributed by atoms with Crippen LogP contribution in [0.4, 0.5) is 0 Å². The standard InChI is InChI=1S/C47H29N3O/c1-2-12-34-28-35(27-24-30(34)10-1)31-22-25-33(26-23-31)45-48-46(50-47(49-45)40-19-8-13-32-11-3-4-16-38(32)40)37-15-7-14-36(29-37)39-18-9-21-43-44(39)41-17-5-6-20-42(41)51-43/h1-29H. The molecule has 0 saturated heterocycles. The van der Waals surface area contributed by atoms with Gasteiger partial charge < -0.3 is 4.42 Å². The van der Waals surface area contributed by atoms with Crippen LogP contribution in [0.15, 0.2) is 180 Å². The van der Waals surface area contributed by atoms with Gasteiger partial charge in [-0.1, -0.05) is 152 Å². The van der Waals surface area contributed by atoms with Crippen molar-refractivity contribution in [3.8, 4) is 56.4 Å². The molecular weight excluding hydrogens is 623 g/mol. The lowest BCUT2D eigenvalue weighted by Crippen LogP contribution is -2.00. The molecule has 2 aromatic heterocycles. The van der Waals surface area contributed by atoms with Gasteiger partial charge in [0.1, 0.15) is 11.2 Å². The second-order valence-electron chi connectivity index (χ2n) is 12.8. The molecule has 0 saturated carbocycles. The molecule has 0 atom stereocenters. The molecule has 238 valence electrons. The molecule has 2 heterocycles. The van der Waals surface area contributed by atoms with E-state index in [1.54, 1.807) is 0 Å². The van der Waals surface area contributed by atoms with E-state index in [9.17, 15) is 0 Å². The van der Waals surface area contributed by atoms with Gasteiger partial charge in [0.2, 0.25) is 0 Å². The van der Waals surface area contributed by atoms with Crippen LogP contribution in [-0.4, -0.2) is 15.0 Å². The van der Waals surface area contributed by atoms with E-state index in [4.69, 9.17) is 19.4 Å². The third-order valence-corrected chi connectivity index (χ3v) is 9.73. The first-order chi connectivity index (χ1) is 25.2. The highest BCUT2D eigenvalue weighted by Crippen LogP contribution is 2.38. The Labute approximate surface area is 294 Å². The van der Waals surface area contributed by atoms with Crippen molar-refractivity contribution in [1.82, 2.24) is 15.0 Å². The molecule has 4 heteroatoms. The Balaban J connectivity index is 1.12. The van der Waals surface area contributed by atoms with Crippen LogP contribution in [-0.2, 0) is 0 Å². The minimum Gasteiger partial charge on any atom is -0.456 e. The molecule has 0 fully saturated rings. The van der Waals surface area contributed by atoms with E-state index in [0.29, 0.717) is 17.5 Å². The van der Waals surface area contributed by atoms with Crippen molar-refractivity contribution in [1.29, 1.82) is 0 Å². The highest BCUT2D eigenvalue weighted by Gasteiger charge is 2.17. The Bertz CT molecular complexity index is 2920. The van der Waals surface area contributed by atoms with E-state index in [-0.39, 0.29) is 0 Å². The van der Waals surface area contributed by atoms with Gasteiger partial charge in [0.25, 0.3) is 0 Å². The minimum absolute atomic E-state index is 0.618. The van der Waals surface area contributed by atoms with Crippen molar-refractivity contribution in [3.05, 3.63) is 176 Å². The van der Waals surface area contributed by atoms with Crippen molar-refractivity contribution in [2.24, 2.45) is 0 Å². The first kappa shape index (κ1) is 29.0. The lowest BCUT2D eigenvalue weighted by atomic mass is 9.97. The zero-order valence-electron chi connectivity index (χ0n) is 27.5. The first-order valence-corrected chi connectivity index (χ1v) is 17.1. The summed E-state index contributed by atoms with van der Waals surface area (Å²) in [5.41, 5.74) is 9.04. The Hall–Kier alpha value is -6.91. The second-order valence-corrected chi connectivity index (χ2v) is 12.8. The van der Waals surface area contributed by atoms with Gasteiger partial charge in [-0.2, -0.15) is 0 Å². The molecule has 0 N–H and O–H groups in total. The average Bonchev–Trinajstić information content (AvgIpc) is 3.59. The number of rotatable bonds is 5. The van der Waals surface area contributed by atoms with Gasteiger partial charge in [-0.05, 0) is 68.1 Å². The van der Waals surface area contributed by atoms with Crippen LogP contribution in [0.3, 0.4) is 0 Å². The monoisotopic (exact) mass is 651 g/mol. The fraction of sp³-hybridized carbons (Fsp3) is 0. The zero-order valence-corrected chi connectivity index (χ0v) is 27.5. The molecular formula is C47H29N3O. The molecule has 10 aromatic rings. The first-order valence-electron chi connectivity index (χ1n) is 17.1. The summed E-state index contributed by atoms with van der Waals surface area (Å²) in [6.45, 7) is 0. The maximum atomic E-state index is 6.22. The van der Waals surface area contributed by atoms with Crippen molar-refractivity contribution >= 4 is 43.5 Å². The smallest absolute Gasteiger partial charge is 0.164 e. The third kappa shape index (κ3) is 5.13. The minimum atomic E-state index is 0.618. The van der Waals surface area contributed by atoms with Crippen LogP contribution in [0.2, 0.25) is 0 Å². The molecule has 0 radical (unpaired) electrons. The number of furan rings is 1. The van der Waals surface area contributed by atoms with Crippen LogP contribution in [0.25, 0.3) is 99.9 Å². The third-order valence-electron chi connectivity index (χ3n) is 9.73. The number of fused-ring (bicyclic) bond motifs is 5. The maximum absolute atomic E-state index is 6.22. The molecule has 4 nitrogen and oxygen atoms in total. The van der Waals surface area contributed by atoms with Gasteiger partial charge in [-0.25, -0.2) is 15.0 Å². The SMILES string of the molecule is c1cc(-c2nc(-c3ccc(-c4ccc5ccccc5c4)cc3)nc(-c3cccc4ccccc34)n2)cc(-c2cccc3oc4ccccc4c23)c1. The summed E-state index contributed by atoms with van der Waals surface area (Å²) in [7, 11) is 0. The second kappa shape index (κ2) is 11.9. The molecule has 0 unspecified atom stereocenters. The molecule has 0 amide bonds. The van der Waals surface area contributed by atoms with E-state index in [2.05, 4.69) is 152 Å². The fourth-order valence-corrected chi connectivity index (χ4v) is 7.20. The fourth-order valence-electron chi connectivity index (χ4n) is 7.20. The van der Waals surface area contributed by atoms with Crippen LogP contribution in [0.5, 0.6) is 0 Å². The predicted octanol–water partition coefficient (Wildman–Crippen LogP) is 12.4. The van der Waals surface area contributed by atoms with E-state index in [1.807, 2.05) is 24.3 Å². The van der Waals surface area contributed by atoms with Gasteiger partial charge in [-0.3, -0.25) is 0 Å². The normalized spacial score (nSPS) is 11.5. The van der Waals surface area contributed by atoms with Crippen molar-refractivity contribution < 1.29 is 4.42 Å². The quantitative estimate of drug-likeness (QED) is 0.186. The van der Waals surface area contributed by atoms with E-state index in [1.165, 1.54) is 16.3 Å². The Kier molecular flexibility index (Phi) is 6.78. The van der Waals surface area contributed by atoms with E-state index < -0.39 is 0 Å². The number of hydrogen-bond acceptors (Lipinski definition) is 4. The van der Waals surface area contributed by atoms with Gasteiger partial charge in [-0.15, -0.1) is 0 Å². The molecule has 0 aliphatic heterocycles. The van der Waals surface area contributed by atoms with Gasteiger partial charge in [0.15, 0.2) is 17.5 Å². The maximum Gasteiger partial charge on any atom is 0.164 e. The van der Waals surface area contributed by atoms with Gasteiger partial charge >= 0.3 is 0 Å². The molecule has 0 spiro atoms. The summed E-state index contributed by atoms with van der Waals surface area (Å²) >= 11 is 0. The highest BCUT2D eigenvalue weighted by molar-refractivity contribution is 6.12. The Morgan fingerprint density at radius 1 is 0.314 bits per heavy atom. The van der Waals surface area contributed by atoms with Crippen LogP contribution in [0.1, 0.15) is 0 Å². The summed E-state index contributed by atoms with van der Waals surface area (Å²) in [6, 6.07) is 61.1. The van der Waals surface area contributed by atoms with Crippen molar-refractivity contribution in [3.63, 3.8) is 0 Å². The molecule has 0 bridgehead atoms. The van der Waals surface area contributed by atoms with Crippen molar-refractivity contribution in [2.45, 2.75) is 0 Å². The van der Waals surface area contributed by atoms with Crippen molar-refractivity contribution in [2.75, 3.05) is 0 Å². The lowest BCUT2D eigenvalue weighted by Gasteiger charge is -2.12. The number of hydrogen-bond donors (Lipinski definition) is 0. The average molecular weight is 652 g/mol. The van der Waals surface area contributed by atoms with Crippen LogP contribution in [0, 0.1) is 0 Å². The summed E-state index contributed by atoms with van der Waals surface area (Å²) in [5.74, 6) is 1.88. The number of nitrogens with zero attached hydrogens (tertiary/aromatic N) is 3. The zero-order chi connectivity index (χ0) is 33.7. The molecule has 51 heavy (non-hydrogen) atoms. The Morgan fingerprint density at radius 3 is 1.78 bits per heavy atom. The summed E-state index contributed by atoms with van der Waals surface area (Å²) in [6.07, 6.45) is 0. The number of aromatic nitrogens is 3. The van der Waals surface area contributed by atoms with Crippen LogP contribution >= 0.6 is 0 Å². The van der Waals surface area contributed by atoms with E-state index >= 15 is 0 Å². The largest absolute Gasteiger partial charge is 0.456 e. The predicted molar refractivity (Wildman–Crippen MR) is 209 cm³/mol. The van der Waals surface area contributed by atoms with Crippen LogP contribution < -0.4 is 0 Å². The molecule has 0 aliphatic carbocycles. The summed E-state index contributed by atoms with van der Waals surface area (Å²) in [5, 5.41) is 6.89. The Morgan fingerprint density at radius 2 is 0.902 bits per heavy atom. The summed E-state index contributed by atoms with van der Waals surface area (Å²) < 4.78 is 6.22. The number of para-hydroxylation sites is 1. The number of benzene rings is 8. The lowest BCUT2D eigenvalue weighted by molar-refractivity contribution is 0.669. The molecule has 10 rings (SSSR count). The molecule has 0 aliphatic rings. The molecule has 8 aromatic carbocycles. The topological polar surface area (TPSA) is 51.8 Å². The summed E-state index contributed by atoms with van der Waals surface area (Å²) in [4.78, 5) is 15.4. The van der Waals surface area contributed by atoms with Gasteiger partial charge in [0.05, 0.1) is 0 Å². The van der Waals surface area contributed by atoms with E-state index in [0.717, 1.165) is 66.1 Å². The highest BCUT2D eigenvalue weighted by atomic mass is 16.3.